The first kappa shape index (κ1) is 16.7. The van der Waals surface area contributed by atoms with Crippen molar-refractivity contribution >= 4 is 5.96 Å². The third kappa shape index (κ3) is 4.98. The SMILES string of the molecule is CCNC(=NCc1cccc(C)n1)N1CCC(OCC)CC1. The van der Waals surface area contributed by atoms with Crippen LogP contribution in [0.4, 0.5) is 0 Å². The summed E-state index contributed by atoms with van der Waals surface area (Å²) in [5.74, 6) is 0.987. The monoisotopic (exact) mass is 304 g/mol. The van der Waals surface area contributed by atoms with Gasteiger partial charge in [0.2, 0.25) is 0 Å². The van der Waals surface area contributed by atoms with Crippen LogP contribution in [-0.4, -0.2) is 48.2 Å². The first-order valence-electron chi connectivity index (χ1n) is 8.30. The minimum Gasteiger partial charge on any atom is -0.378 e. The second-order valence-electron chi connectivity index (χ2n) is 5.58. The van der Waals surface area contributed by atoms with E-state index in [-0.39, 0.29) is 0 Å². The van der Waals surface area contributed by atoms with E-state index in [1.54, 1.807) is 0 Å². The molecule has 1 aliphatic heterocycles. The average Bonchev–Trinajstić information content (AvgIpc) is 2.53. The van der Waals surface area contributed by atoms with E-state index in [0.717, 1.165) is 56.4 Å². The Hall–Kier alpha value is -1.62. The quantitative estimate of drug-likeness (QED) is 0.670. The zero-order chi connectivity index (χ0) is 15.8. The molecule has 5 nitrogen and oxygen atoms in total. The number of aliphatic imine (C=N–C) groups is 1. The number of rotatable bonds is 5. The molecule has 0 atom stereocenters. The van der Waals surface area contributed by atoms with Crippen molar-refractivity contribution in [3.63, 3.8) is 0 Å². The predicted octanol–water partition coefficient (Wildman–Crippen LogP) is 2.36. The molecule has 5 heteroatoms. The van der Waals surface area contributed by atoms with Crippen molar-refractivity contribution in [3.8, 4) is 0 Å². The molecule has 1 aliphatic rings. The second kappa shape index (κ2) is 8.73. The third-order valence-electron chi connectivity index (χ3n) is 3.82. The summed E-state index contributed by atoms with van der Waals surface area (Å²) in [6.45, 7) is 10.5. The van der Waals surface area contributed by atoms with Crippen LogP contribution in [-0.2, 0) is 11.3 Å². The molecule has 0 bridgehead atoms. The molecule has 0 amide bonds. The first-order valence-corrected chi connectivity index (χ1v) is 8.30. The van der Waals surface area contributed by atoms with Crippen molar-refractivity contribution in [1.82, 2.24) is 15.2 Å². The van der Waals surface area contributed by atoms with Gasteiger partial charge in [0.25, 0.3) is 0 Å². The lowest BCUT2D eigenvalue weighted by Gasteiger charge is -2.34. The van der Waals surface area contributed by atoms with Crippen LogP contribution in [0.1, 0.15) is 38.1 Å². The molecule has 0 aliphatic carbocycles. The van der Waals surface area contributed by atoms with Gasteiger partial charge in [-0.1, -0.05) is 6.07 Å². The van der Waals surface area contributed by atoms with Gasteiger partial charge in [-0.3, -0.25) is 4.98 Å². The van der Waals surface area contributed by atoms with Crippen molar-refractivity contribution in [2.75, 3.05) is 26.2 Å². The lowest BCUT2D eigenvalue weighted by Crippen LogP contribution is -2.47. The summed E-state index contributed by atoms with van der Waals surface area (Å²) >= 11 is 0. The van der Waals surface area contributed by atoms with Crippen LogP contribution >= 0.6 is 0 Å². The average molecular weight is 304 g/mol. The summed E-state index contributed by atoms with van der Waals surface area (Å²) in [5.41, 5.74) is 2.05. The summed E-state index contributed by atoms with van der Waals surface area (Å²) in [7, 11) is 0. The van der Waals surface area contributed by atoms with Crippen LogP contribution < -0.4 is 5.32 Å². The molecule has 22 heavy (non-hydrogen) atoms. The van der Waals surface area contributed by atoms with Crippen LogP contribution in [0.3, 0.4) is 0 Å². The number of aromatic nitrogens is 1. The highest BCUT2D eigenvalue weighted by atomic mass is 16.5. The van der Waals surface area contributed by atoms with E-state index >= 15 is 0 Å². The minimum absolute atomic E-state index is 0.405. The maximum absolute atomic E-state index is 5.72. The minimum atomic E-state index is 0.405. The number of pyridine rings is 1. The van der Waals surface area contributed by atoms with Gasteiger partial charge in [-0.15, -0.1) is 0 Å². The Bertz CT molecular complexity index is 481. The number of piperidine rings is 1. The van der Waals surface area contributed by atoms with E-state index in [9.17, 15) is 0 Å². The maximum Gasteiger partial charge on any atom is 0.194 e. The van der Waals surface area contributed by atoms with Gasteiger partial charge in [-0.25, -0.2) is 4.99 Å². The van der Waals surface area contributed by atoms with Gasteiger partial charge in [-0.05, 0) is 45.7 Å². The lowest BCUT2D eigenvalue weighted by atomic mass is 10.1. The summed E-state index contributed by atoms with van der Waals surface area (Å²) in [4.78, 5) is 11.6. The number of guanidine groups is 1. The number of likely N-dealkylation sites (tertiary alicyclic amines) is 1. The Morgan fingerprint density at radius 1 is 1.36 bits per heavy atom. The number of aryl methyl sites for hydroxylation is 1. The Labute approximate surface area is 133 Å². The number of nitrogens with zero attached hydrogens (tertiary/aromatic N) is 3. The number of hydrogen-bond acceptors (Lipinski definition) is 3. The molecule has 0 spiro atoms. The largest absolute Gasteiger partial charge is 0.378 e. The molecule has 0 unspecified atom stereocenters. The standard InChI is InChI=1S/C17H28N4O/c1-4-18-17(19-13-15-8-6-7-14(3)20-15)21-11-9-16(10-12-21)22-5-2/h6-8,16H,4-5,9-13H2,1-3H3,(H,18,19). The van der Waals surface area contributed by atoms with Gasteiger partial charge in [0.05, 0.1) is 18.3 Å². The fraction of sp³-hybridized carbons (Fsp3) is 0.647. The topological polar surface area (TPSA) is 49.8 Å². The van der Waals surface area contributed by atoms with Crippen molar-refractivity contribution in [1.29, 1.82) is 0 Å². The van der Waals surface area contributed by atoms with Gasteiger partial charge in [0.1, 0.15) is 0 Å². The first-order chi connectivity index (χ1) is 10.7. The molecule has 0 radical (unpaired) electrons. The number of ether oxygens (including phenoxy) is 1. The van der Waals surface area contributed by atoms with Crippen LogP contribution in [0.5, 0.6) is 0 Å². The molecule has 0 saturated carbocycles. The molecule has 1 N–H and O–H groups in total. The van der Waals surface area contributed by atoms with E-state index in [1.807, 2.05) is 25.1 Å². The van der Waals surface area contributed by atoms with E-state index in [4.69, 9.17) is 9.73 Å². The summed E-state index contributed by atoms with van der Waals surface area (Å²) in [5, 5.41) is 3.39. The van der Waals surface area contributed by atoms with Crippen molar-refractivity contribution in [3.05, 3.63) is 29.6 Å². The van der Waals surface area contributed by atoms with Crippen LogP contribution in [0.2, 0.25) is 0 Å². The summed E-state index contributed by atoms with van der Waals surface area (Å²) in [6, 6.07) is 6.08. The molecule has 2 rings (SSSR count). The van der Waals surface area contributed by atoms with Crippen molar-refractivity contribution < 1.29 is 4.74 Å². The highest BCUT2D eigenvalue weighted by Gasteiger charge is 2.21. The highest BCUT2D eigenvalue weighted by Crippen LogP contribution is 2.14. The van der Waals surface area contributed by atoms with Gasteiger partial charge in [-0.2, -0.15) is 0 Å². The fourth-order valence-electron chi connectivity index (χ4n) is 2.74. The fourth-order valence-corrected chi connectivity index (χ4v) is 2.74. The van der Waals surface area contributed by atoms with Crippen LogP contribution in [0.15, 0.2) is 23.2 Å². The molecule has 1 fully saturated rings. The highest BCUT2D eigenvalue weighted by molar-refractivity contribution is 5.80. The molecule has 1 aromatic heterocycles. The zero-order valence-electron chi connectivity index (χ0n) is 14.0. The lowest BCUT2D eigenvalue weighted by molar-refractivity contribution is 0.0263. The Morgan fingerprint density at radius 2 is 2.14 bits per heavy atom. The molecular formula is C17H28N4O. The molecule has 1 aromatic rings. The Kier molecular flexibility index (Phi) is 6.65. The van der Waals surface area contributed by atoms with Gasteiger partial charge >= 0.3 is 0 Å². The van der Waals surface area contributed by atoms with Crippen LogP contribution in [0, 0.1) is 6.92 Å². The van der Waals surface area contributed by atoms with Crippen LogP contribution in [0.25, 0.3) is 0 Å². The van der Waals surface area contributed by atoms with Gasteiger partial charge < -0.3 is 15.0 Å². The Balaban J connectivity index is 1.96. The molecule has 0 aromatic carbocycles. The Morgan fingerprint density at radius 3 is 2.77 bits per heavy atom. The number of hydrogen-bond donors (Lipinski definition) is 1. The van der Waals surface area contributed by atoms with Crippen molar-refractivity contribution in [2.45, 2.75) is 46.3 Å². The molecule has 2 heterocycles. The van der Waals surface area contributed by atoms with Crippen molar-refractivity contribution in [2.24, 2.45) is 4.99 Å². The van der Waals surface area contributed by atoms with E-state index in [0.29, 0.717) is 12.6 Å². The van der Waals surface area contributed by atoms with Gasteiger partial charge in [0.15, 0.2) is 5.96 Å². The summed E-state index contributed by atoms with van der Waals surface area (Å²) < 4.78 is 5.72. The van der Waals surface area contributed by atoms with E-state index in [1.165, 1.54) is 0 Å². The second-order valence-corrected chi connectivity index (χ2v) is 5.58. The van der Waals surface area contributed by atoms with E-state index in [2.05, 4.69) is 29.0 Å². The van der Waals surface area contributed by atoms with Gasteiger partial charge in [0, 0.05) is 31.9 Å². The maximum atomic E-state index is 5.72. The molecule has 122 valence electrons. The molecular weight excluding hydrogens is 276 g/mol. The smallest absolute Gasteiger partial charge is 0.194 e. The third-order valence-corrected chi connectivity index (χ3v) is 3.82. The zero-order valence-corrected chi connectivity index (χ0v) is 14.0. The molecule has 1 saturated heterocycles. The summed E-state index contributed by atoms with van der Waals surface area (Å²) in [6.07, 6.45) is 2.55. The normalized spacial score (nSPS) is 16.9. The van der Waals surface area contributed by atoms with E-state index < -0.39 is 0 Å². The predicted molar refractivity (Wildman–Crippen MR) is 90.0 cm³/mol. The number of nitrogens with one attached hydrogen (secondary N) is 1.